The average Bonchev–Trinajstić information content (AvgIpc) is 2.90. The Morgan fingerprint density at radius 2 is 1.68 bits per heavy atom. The maximum atomic E-state index is 13.7. The Morgan fingerprint density at radius 3 is 2.29 bits per heavy atom. The van der Waals surface area contributed by atoms with Gasteiger partial charge in [0.05, 0.1) is 0 Å². The van der Waals surface area contributed by atoms with Crippen LogP contribution in [-0.4, -0.2) is 66.1 Å². The third-order valence-electron chi connectivity index (χ3n) is 8.35. The van der Waals surface area contributed by atoms with E-state index < -0.39 is 0 Å². The van der Waals surface area contributed by atoms with Crippen molar-refractivity contribution < 1.29 is 4.79 Å². The van der Waals surface area contributed by atoms with E-state index in [1.807, 2.05) is 18.5 Å². The van der Waals surface area contributed by atoms with Crippen LogP contribution in [0.25, 0.3) is 11.1 Å². The molecule has 0 spiro atoms. The lowest BCUT2D eigenvalue weighted by molar-refractivity contribution is 0.0956. The molecule has 1 amide bonds. The molecule has 1 aromatic carbocycles. The Morgan fingerprint density at radius 1 is 1.03 bits per heavy atom. The van der Waals surface area contributed by atoms with E-state index in [0.29, 0.717) is 24.2 Å². The van der Waals surface area contributed by atoms with E-state index in [9.17, 15) is 4.79 Å². The fraction of sp³-hybridized carbons (Fsp3) is 0.516. The van der Waals surface area contributed by atoms with E-state index >= 15 is 0 Å². The summed E-state index contributed by atoms with van der Waals surface area (Å²) in [5, 5.41) is 6.70. The minimum atomic E-state index is -0.0476. The molecule has 2 aliphatic rings. The van der Waals surface area contributed by atoms with Crippen LogP contribution in [0.5, 0.6) is 0 Å². The van der Waals surface area contributed by atoms with Crippen molar-refractivity contribution in [3.8, 4) is 11.1 Å². The molecular formula is C31H44N6O. The molecule has 1 aliphatic carbocycles. The number of aromatic nitrogens is 2. The van der Waals surface area contributed by atoms with Crippen molar-refractivity contribution in [2.75, 3.05) is 32.1 Å². The molecule has 38 heavy (non-hydrogen) atoms. The van der Waals surface area contributed by atoms with Gasteiger partial charge in [0.15, 0.2) is 0 Å². The number of benzene rings is 1. The number of nitrogens with one attached hydrogen (secondary N) is 2. The molecule has 7 heteroatoms. The van der Waals surface area contributed by atoms with E-state index in [2.05, 4.69) is 91.3 Å². The van der Waals surface area contributed by atoms with Crippen LogP contribution in [0.2, 0.25) is 0 Å². The summed E-state index contributed by atoms with van der Waals surface area (Å²) in [6, 6.07) is 5.52. The average molecular weight is 517 g/mol. The van der Waals surface area contributed by atoms with E-state index in [1.54, 1.807) is 6.33 Å². The summed E-state index contributed by atoms with van der Waals surface area (Å²) in [5.41, 5.74) is 8.34. The lowest BCUT2D eigenvalue weighted by atomic mass is 9.88. The number of anilines is 1. The van der Waals surface area contributed by atoms with Gasteiger partial charge in [-0.05, 0) is 115 Å². The first-order valence-electron chi connectivity index (χ1n) is 13.9. The molecule has 0 radical (unpaired) electrons. The van der Waals surface area contributed by atoms with Crippen LogP contribution in [0, 0.1) is 6.92 Å². The van der Waals surface area contributed by atoms with Crippen LogP contribution in [0.3, 0.4) is 0 Å². The predicted molar refractivity (Wildman–Crippen MR) is 156 cm³/mol. The number of nitrogens with zero attached hydrogens (tertiary/aromatic N) is 4. The summed E-state index contributed by atoms with van der Waals surface area (Å²) < 4.78 is 0. The largest absolute Gasteiger partial charge is 0.382 e. The highest BCUT2D eigenvalue weighted by Gasteiger charge is 2.28. The Hall–Kier alpha value is -3.19. The van der Waals surface area contributed by atoms with Crippen molar-refractivity contribution in [1.82, 2.24) is 25.5 Å². The molecule has 1 aromatic heterocycles. The first-order chi connectivity index (χ1) is 18.2. The number of carbonyl (C=O) groups excluding carboxylic acids is 1. The minimum Gasteiger partial charge on any atom is -0.382 e. The summed E-state index contributed by atoms with van der Waals surface area (Å²) in [6.45, 7) is 12.1. The molecule has 2 heterocycles. The molecule has 4 rings (SSSR count). The van der Waals surface area contributed by atoms with Crippen molar-refractivity contribution in [2.24, 2.45) is 0 Å². The molecule has 0 saturated heterocycles. The highest BCUT2D eigenvalue weighted by atomic mass is 16.1. The lowest BCUT2D eigenvalue weighted by Crippen LogP contribution is -2.42. The minimum absolute atomic E-state index is 0.0476. The topological polar surface area (TPSA) is 73.4 Å². The highest BCUT2D eigenvalue weighted by Crippen LogP contribution is 2.35. The zero-order valence-electron chi connectivity index (χ0n) is 24.1. The molecule has 1 fully saturated rings. The smallest absolute Gasteiger partial charge is 0.251 e. The van der Waals surface area contributed by atoms with Gasteiger partial charge in [-0.3, -0.25) is 4.79 Å². The maximum Gasteiger partial charge on any atom is 0.251 e. The van der Waals surface area contributed by atoms with Crippen LogP contribution >= 0.6 is 0 Å². The summed E-state index contributed by atoms with van der Waals surface area (Å²) >= 11 is 0. The normalized spacial score (nSPS) is 21.7. The molecule has 7 nitrogen and oxygen atoms in total. The number of hydrogen-bond donors (Lipinski definition) is 2. The van der Waals surface area contributed by atoms with Crippen LogP contribution in [-0.2, 0) is 0 Å². The van der Waals surface area contributed by atoms with Gasteiger partial charge in [0, 0.05) is 66.1 Å². The predicted octanol–water partition coefficient (Wildman–Crippen LogP) is 5.09. The Balaban J connectivity index is 1.66. The SMILES string of the molecule is CCN(c1cc(-c2cncnc2)cc(C(=O)NCC2=C(C)C=C(C)NC2C)c1C)[C@H]1CC[C@H](N(C)C)CC1. The molecule has 1 saturated carbocycles. The van der Waals surface area contributed by atoms with Crippen molar-refractivity contribution in [2.45, 2.75) is 78.4 Å². The fourth-order valence-corrected chi connectivity index (χ4v) is 6.15. The van der Waals surface area contributed by atoms with Gasteiger partial charge in [-0.25, -0.2) is 9.97 Å². The van der Waals surface area contributed by atoms with Crippen molar-refractivity contribution in [3.05, 3.63) is 64.9 Å². The van der Waals surface area contributed by atoms with Crippen LogP contribution in [0.1, 0.15) is 69.3 Å². The number of carbonyl (C=O) groups is 1. The molecule has 2 N–H and O–H groups in total. The van der Waals surface area contributed by atoms with Crippen LogP contribution < -0.4 is 15.5 Å². The molecule has 1 unspecified atom stereocenters. The lowest BCUT2D eigenvalue weighted by Gasteiger charge is -2.40. The Bertz CT molecular complexity index is 1190. The zero-order chi connectivity index (χ0) is 27.4. The molecular weight excluding hydrogens is 472 g/mol. The van der Waals surface area contributed by atoms with Gasteiger partial charge in [0.1, 0.15) is 6.33 Å². The monoisotopic (exact) mass is 516 g/mol. The zero-order valence-corrected chi connectivity index (χ0v) is 24.1. The van der Waals surface area contributed by atoms with E-state index in [4.69, 9.17) is 0 Å². The Labute approximate surface area is 228 Å². The van der Waals surface area contributed by atoms with Gasteiger partial charge in [-0.1, -0.05) is 0 Å². The molecule has 1 atom stereocenters. The molecule has 1 aliphatic heterocycles. The van der Waals surface area contributed by atoms with Crippen LogP contribution in [0.4, 0.5) is 5.69 Å². The quantitative estimate of drug-likeness (QED) is 0.509. The maximum absolute atomic E-state index is 13.7. The van der Waals surface area contributed by atoms with E-state index in [0.717, 1.165) is 47.5 Å². The second-order valence-electron chi connectivity index (χ2n) is 11.1. The highest BCUT2D eigenvalue weighted by molar-refractivity contribution is 5.99. The first kappa shape index (κ1) is 27.8. The number of hydrogen-bond acceptors (Lipinski definition) is 6. The van der Waals surface area contributed by atoms with Gasteiger partial charge >= 0.3 is 0 Å². The standard InChI is InChI=1S/C31H44N6O/c1-8-37(27-11-9-26(10-12-27)36(6)7)30-15-24(25-16-32-19-33-17-25)14-28(22(30)4)31(38)34-18-29-20(2)13-21(3)35-23(29)5/h13-17,19,23,26-27,35H,8-12,18H2,1-7H3,(H,34,38)/t23?,26-,27-. The molecule has 204 valence electrons. The Kier molecular flexibility index (Phi) is 8.87. The third kappa shape index (κ3) is 6.09. The van der Waals surface area contributed by atoms with Gasteiger partial charge < -0.3 is 20.4 Å². The van der Waals surface area contributed by atoms with Gasteiger partial charge in [0.2, 0.25) is 0 Å². The summed E-state index contributed by atoms with van der Waals surface area (Å²) in [6.07, 6.45) is 12.0. The summed E-state index contributed by atoms with van der Waals surface area (Å²) in [4.78, 5) is 27.0. The van der Waals surface area contributed by atoms with Crippen molar-refractivity contribution in [3.63, 3.8) is 0 Å². The van der Waals surface area contributed by atoms with E-state index in [1.165, 1.54) is 24.0 Å². The summed E-state index contributed by atoms with van der Waals surface area (Å²) in [5.74, 6) is -0.0476. The van der Waals surface area contributed by atoms with Gasteiger partial charge in [-0.15, -0.1) is 0 Å². The molecule has 2 aromatic rings. The number of allylic oxidation sites excluding steroid dienone is 3. The number of rotatable bonds is 8. The fourth-order valence-electron chi connectivity index (χ4n) is 6.15. The second-order valence-corrected chi connectivity index (χ2v) is 11.1. The third-order valence-corrected chi connectivity index (χ3v) is 8.35. The first-order valence-corrected chi connectivity index (χ1v) is 13.9. The number of dihydropyridines is 1. The van der Waals surface area contributed by atoms with Crippen LogP contribution in [0.15, 0.2) is 53.8 Å². The van der Waals surface area contributed by atoms with Gasteiger partial charge in [0.25, 0.3) is 5.91 Å². The number of amides is 1. The second kappa shape index (κ2) is 12.1. The van der Waals surface area contributed by atoms with Crippen molar-refractivity contribution >= 4 is 11.6 Å². The van der Waals surface area contributed by atoms with Gasteiger partial charge in [-0.2, -0.15) is 0 Å². The van der Waals surface area contributed by atoms with Crippen molar-refractivity contribution in [1.29, 1.82) is 0 Å². The molecule has 0 bridgehead atoms. The summed E-state index contributed by atoms with van der Waals surface area (Å²) in [7, 11) is 4.37. The van der Waals surface area contributed by atoms with E-state index in [-0.39, 0.29) is 11.9 Å².